The minimum absolute atomic E-state index is 0.186. The van der Waals surface area contributed by atoms with E-state index in [9.17, 15) is 9.59 Å². The Bertz CT molecular complexity index is 1110. The third-order valence-electron chi connectivity index (χ3n) is 6.78. The van der Waals surface area contributed by atoms with Gasteiger partial charge in [-0.3, -0.25) is 4.79 Å². The van der Waals surface area contributed by atoms with Gasteiger partial charge in [0, 0.05) is 18.5 Å². The van der Waals surface area contributed by atoms with Crippen LogP contribution in [0.1, 0.15) is 37.6 Å². The number of amides is 1. The second kappa shape index (κ2) is 10.2. The number of benzene rings is 3. The van der Waals surface area contributed by atoms with Crippen LogP contribution in [0.3, 0.4) is 0 Å². The SMILES string of the molecule is COC(=O)[C@@H]1C[C@@H](O[Si](c2ccccc2)(c2ccccc2)C(C)(C)C)CN1C(=O)c1ccccc1. The predicted octanol–water partition coefficient (Wildman–Crippen LogP) is 4.02. The summed E-state index contributed by atoms with van der Waals surface area (Å²) in [6, 6.07) is 29.2. The number of likely N-dealkylation sites (tertiary alicyclic amines) is 1. The molecule has 0 spiro atoms. The largest absolute Gasteiger partial charge is 0.467 e. The maximum Gasteiger partial charge on any atom is 0.328 e. The molecule has 0 N–H and O–H groups in total. The first-order valence-corrected chi connectivity index (χ1v) is 13.9. The molecule has 0 saturated carbocycles. The van der Waals surface area contributed by atoms with E-state index in [1.165, 1.54) is 17.5 Å². The van der Waals surface area contributed by atoms with Crippen molar-refractivity contribution in [1.29, 1.82) is 0 Å². The zero-order valence-electron chi connectivity index (χ0n) is 20.8. The van der Waals surface area contributed by atoms with Gasteiger partial charge in [0.05, 0.1) is 13.2 Å². The summed E-state index contributed by atoms with van der Waals surface area (Å²) in [5, 5.41) is 2.13. The molecule has 35 heavy (non-hydrogen) atoms. The summed E-state index contributed by atoms with van der Waals surface area (Å²) >= 11 is 0. The third-order valence-corrected chi connectivity index (χ3v) is 11.9. The molecule has 0 bridgehead atoms. The van der Waals surface area contributed by atoms with Crippen molar-refractivity contribution >= 4 is 30.6 Å². The van der Waals surface area contributed by atoms with E-state index in [-0.39, 0.29) is 17.0 Å². The van der Waals surface area contributed by atoms with Crippen LogP contribution in [0.25, 0.3) is 0 Å². The van der Waals surface area contributed by atoms with Gasteiger partial charge in [-0.05, 0) is 27.5 Å². The fraction of sp³-hybridized carbons (Fsp3) is 0.310. The molecule has 4 rings (SSSR count). The topological polar surface area (TPSA) is 55.8 Å². The highest BCUT2D eigenvalue weighted by Crippen LogP contribution is 2.39. The van der Waals surface area contributed by atoms with Crippen LogP contribution in [0.5, 0.6) is 0 Å². The molecule has 3 aromatic carbocycles. The van der Waals surface area contributed by atoms with Gasteiger partial charge in [0.25, 0.3) is 14.2 Å². The highest BCUT2D eigenvalue weighted by molar-refractivity contribution is 6.99. The van der Waals surface area contributed by atoms with Crippen molar-refractivity contribution < 1.29 is 18.8 Å². The summed E-state index contributed by atoms with van der Waals surface area (Å²) in [6.45, 7) is 6.99. The standard InChI is InChI=1S/C29H33NO4Si/c1-29(2,3)35(24-16-10-6-11-17-24,25-18-12-7-13-19-25)34-23-20-26(28(32)33-4)30(21-23)27(31)22-14-8-5-9-15-22/h5-19,23,26H,20-21H2,1-4H3/t23-,26+/m1/s1. The van der Waals surface area contributed by atoms with Gasteiger partial charge in [0.2, 0.25) is 0 Å². The van der Waals surface area contributed by atoms with E-state index in [1.807, 2.05) is 54.6 Å². The normalized spacial score (nSPS) is 18.3. The van der Waals surface area contributed by atoms with Crippen molar-refractivity contribution in [2.24, 2.45) is 0 Å². The maximum atomic E-state index is 13.4. The lowest BCUT2D eigenvalue weighted by atomic mass is 10.1. The van der Waals surface area contributed by atoms with Crippen LogP contribution in [-0.2, 0) is 14.0 Å². The Morgan fingerprint density at radius 2 is 1.31 bits per heavy atom. The third kappa shape index (κ3) is 4.81. The number of rotatable bonds is 6. The monoisotopic (exact) mass is 487 g/mol. The first kappa shape index (κ1) is 24.9. The van der Waals surface area contributed by atoms with E-state index in [2.05, 4.69) is 45.0 Å². The van der Waals surface area contributed by atoms with Gasteiger partial charge in [-0.2, -0.15) is 0 Å². The molecule has 1 heterocycles. The van der Waals surface area contributed by atoms with E-state index in [4.69, 9.17) is 9.16 Å². The van der Waals surface area contributed by atoms with Crippen molar-refractivity contribution in [1.82, 2.24) is 4.90 Å². The molecule has 3 aromatic rings. The summed E-state index contributed by atoms with van der Waals surface area (Å²) in [7, 11) is -1.46. The van der Waals surface area contributed by atoms with Gasteiger partial charge < -0.3 is 14.1 Å². The average Bonchev–Trinajstić information content (AvgIpc) is 3.31. The first-order valence-electron chi connectivity index (χ1n) is 12.0. The molecule has 0 radical (unpaired) electrons. The van der Waals surface area contributed by atoms with Gasteiger partial charge in [-0.25, -0.2) is 4.79 Å². The van der Waals surface area contributed by atoms with E-state index >= 15 is 0 Å². The summed E-state index contributed by atoms with van der Waals surface area (Å²) in [4.78, 5) is 27.8. The van der Waals surface area contributed by atoms with Gasteiger partial charge in [0.1, 0.15) is 6.04 Å². The summed E-state index contributed by atoms with van der Waals surface area (Å²) in [5.74, 6) is -0.600. The van der Waals surface area contributed by atoms with Crippen LogP contribution in [0.2, 0.25) is 5.04 Å². The second-order valence-corrected chi connectivity index (χ2v) is 14.3. The maximum absolute atomic E-state index is 13.4. The van der Waals surface area contributed by atoms with Crippen molar-refractivity contribution in [3.63, 3.8) is 0 Å². The molecule has 1 fully saturated rings. The van der Waals surface area contributed by atoms with E-state index in [1.54, 1.807) is 17.0 Å². The zero-order chi connectivity index (χ0) is 25.1. The van der Waals surface area contributed by atoms with Gasteiger partial charge in [-0.1, -0.05) is 99.6 Å². The fourth-order valence-electron chi connectivity index (χ4n) is 5.15. The average molecular weight is 488 g/mol. The summed E-state index contributed by atoms with van der Waals surface area (Å²) < 4.78 is 12.3. The smallest absolute Gasteiger partial charge is 0.328 e. The number of ether oxygens (including phenoxy) is 1. The molecule has 0 aromatic heterocycles. The number of esters is 1. The number of hydrogen-bond donors (Lipinski definition) is 0. The van der Waals surface area contributed by atoms with Gasteiger partial charge in [-0.15, -0.1) is 0 Å². The summed E-state index contributed by atoms with van der Waals surface area (Å²) in [6.07, 6.45) is 0.0912. The molecule has 1 saturated heterocycles. The Balaban J connectivity index is 1.76. The zero-order valence-corrected chi connectivity index (χ0v) is 21.8. The minimum Gasteiger partial charge on any atom is -0.467 e. The van der Waals surface area contributed by atoms with Crippen LogP contribution >= 0.6 is 0 Å². The number of methoxy groups -OCH3 is 1. The van der Waals surface area contributed by atoms with E-state index in [0.29, 0.717) is 18.5 Å². The molecule has 1 aliphatic heterocycles. The van der Waals surface area contributed by atoms with Crippen molar-refractivity contribution in [3.05, 3.63) is 96.6 Å². The number of hydrogen-bond acceptors (Lipinski definition) is 4. The van der Waals surface area contributed by atoms with Crippen molar-refractivity contribution in [2.45, 2.75) is 44.4 Å². The molecule has 1 amide bonds. The Morgan fingerprint density at radius 3 is 1.77 bits per heavy atom. The quantitative estimate of drug-likeness (QED) is 0.389. The minimum atomic E-state index is -2.82. The molecule has 2 atom stereocenters. The second-order valence-electron chi connectivity index (χ2n) is 10.0. The van der Waals surface area contributed by atoms with Gasteiger partial charge in [0.15, 0.2) is 0 Å². The lowest BCUT2D eigenvalue weighted by Crippen LogP contribution is -2.67. The van der Waals surface area contributed by atoms with E-state index < -0.39 is 20.3 Å². The molecule has 0 aliphatic carbocycles. The first-order chi connectivity index (χ1) is 16.8. The number of carbonyl (C=O) groups is 2. The molecule has 182 valence electrons. The Morgan fingerprint density at radius 1 is 0.829 bits per heavy atom. The summed E-state index contributed by atoms with van der Waals surface area (Å²) in [5.41, 5.74) is 0.549. The van der Waals surface area contributed by atoms with E-state index in [0.717, 1.165) is 0 Å². The highest BCUT2D eigenvalue weighted by atomic mass is 28.4. The van der Waals surface area contributed by atoms with Crippen molar-refractivity contribution in [2.75, 3.05) is 13.7 Å². The lowest BCUT2D eigenvalue weighted by Gasteiger charge is -2.44. The Kier molecular flexibility index (Phi) is 7.24. The number of nitrogens with zero attached hydrogens (tertiary/aromatic N) is 1. The molecule has 5 nitrogen and oxygen atoms in total. The van der Waals surface area contributed by atoms with Crippen molar-refractivity contribution in [3.8, 4) is 0 Å². The highest BCUT2D eigenvalue weighted by Gasteiger charge is 2.53. The molecule has 1 aliphatic rings. The van der Waals surface area contributed by atoms with Crippen LogP contribution in [0.15, 0.2) is 91.0 Å². The molecular weight excluding hydrogens is 454 g/mol. The fourth-order valence-corrected chi connectivity index (χ4v) is 9.84. The Hall–Kier alpha value is -3.22. The Labute approximate surface area is 208 Å². The van der Waals surface area contributed by atoms with Crippen LogP contribution in [-0.4, -0.2) is 50.9 Å². The molecule has 0 unspecified atom stereocenters. The molecule has 6 heteroatoms. The number of carbonyl (C=O) groups excluding carboxylic acids is 2. The molecular formula is C29H33NO4Si. The van der Waals surface area contributed by atoms with Crippen LogP contribution < -0.4 is 10.4 Å². The lowest BCUT2D eigenvalue weighted by molar-refractivity contribution is -0.145. The van der Waals surface area contributed by atoms with Gasteiger partial charge >= 0.3 is 5.97 Å². The van der Waals surface area contributed by atoms with Crippen LogP contribution in [0.4, 0.5) is 0 Å². The van der Waals surface area contributed by atoms with Crippen LogP contribution in [0, 0.1) is 0 Å². The predicted molar refractivity (Wildman–Crippen MR) is 140 cm³/mol.